The summed E-state index contributed by atoms with van der Waals surface area (Å²) < 4.78 is 35.0. The highest BCUT2D eigenvalue weighted by Crippen LogP contribution is 2.17. The fraction of sp³-hybridized carbons (Fsp3) is 0.212. The lowest BCUT2D eigenvalue weighted by Crippen LogP contribution is -2.25. The van der Waals surface area contributed by atoms with Crippen LogP contribution >= 0.6 is 0 Å². The van der Waals surface area contributed by atoms with Crippen molar-refractivity contribution in [3.8, 4) is 17.6 Å². The zero-order valence-corrected chi connectivity index (χ0v) is 23.4. The highest BCUT2D eigenvalue weighted by atomic mass is 19.2. The van der Waals surface area contributed by atoms with E-state index >= 15 is 0 Å². The minimum Gasteiger partial charge on any atom is -0.497 e. The van der Waals surface area contributed by atoms with Gasteiger partial charge in [0.25, 0.3) is 5.56 Å². The average molecular weight is 567 g/mol. The first-order valence-corrected chi connectivity index (χ1v) is 13.3. The van der Waals surface area contributed by atoms with Crippen LogP contribution in [0, 0.1) is 30.4 Å². The maximum atomic E-state index is 13.6. The molecule has 3 aromatic carbocycles. The third-order valence-corrected chi connectivity index (χ3v) is 7.11. The van der Waals surface area contributed by atoms with Gasteiger partial charge in [-0.05, 0) is 60.5 Å². The van der Waals surface area contributed by atoms with Crippen molar-refractivity contribution in [2.75, 3.05) is 7.11 Å². The van der Waals surface area contributed by atoms with E-state index in [4.69, 9.17) is 4.74 Å². The van der Waals surface area contributed by atoms with Crippen LogP contribution in [-0.2, 0) is 20.0 Å². The Labute approximate surface area is 241 Å². The minimum atomic E-state index is -0.991. The largest absolute Gasteiger partial charge is 0.497 e. The van der Waals surface area contributed by atoms with E-state index in [1.54, 1.807) is 32.0 Å². The number of rotatable bonds is 8. The summed E-state index contributed by atoms with van der Waals surface area (Å²) in [5, 5.41) is 0.859. The summed E-state index contributed by atoms with van der Waals surface area (Å²) in [6.07, 6.45) is 2.72. The monoisotopic (exact) mass is 566 g/mol. The van der Waals surface area contributed by atoms with Gasteiger partial charge in [-0.3, -0.25) is 14.3 Å². The molecule has 212 valence electrons. The fourth-order valence-corrected chi connectivity index (χ4v) is 4.70. The Morgan fingerprint density at radius 1 is 1.00 bits per heavy atom. The van der Waals surface area contributed by atoms with Gasteiger partial charge in [-0.25, -0.2) is 23.4 Å². The first-order valence-electron chi connectivity index (χ1n) is 13.3. The van der Waals surface area contributed by atoms with Crippen LogP contribution in [-0.4, -0.2) is 32.2 Å². The minimum absolute atomic E-state index is 0.00904. The number of fused-ring (bicyclic) bond motifs is 1. The Bertz CT molecular complexity index is 1910. The van der Waals surface area contributed by atoms with Crippen LogP contribution in [0.1, 0.15) is 51.4 Å². The van der Waals surface area contributed by atoms with Gasteiger partial charge in [0.1, 0.15) is 17.1 Å². The van der Waals surface area contributed by atoms with Crippen LogP contribution in [0.3, 0.4) is 0 Å². The maximum Gasteiger partial charge on any atom is 0.278 e. The molecular formula is C33H28F2N4O3. The van der Waals surface area contributed by atoms with Gasteiger partial charge in [-0.2, -0.15) is 0 Å². The van der Waals surface area contributed by atoms with Gasteiger partial charge in [0.05, 0.1) is 19.2 Å². The van der Waals surface area contributed by atoms with Gasteiger partial charge in [-0.1, -0.05) is 30.0 Å². The Morgan fingerprint density at radius 2 is 1.76 bits per heavy atom. The lowest BCUT2D eigenvalue weighted by atomic mass is 10.1. The molecule has 0 fully saturated rings. The van der Waals surface area contributed by atoms with Crippen LogP contribution in [0.15, 0.2) is 71.7 Å². The third-order valence-electron chi connectivity index (χ3n) is 7.11. The smallest absolute Gasteiger partial charge is 0.278 e. The number of methoxy groups -OCH3 is 1. The Kier molecular flexibility index (Phi) is 8.25. The number of carbonyl (C=O) groups excluding carboxylic acids is 1. The fourth-order valence-electron chi connectivity index (χ4n) is 4.70. The van der Waals surface area contributed by atoms with Crippen LogP contribution in [0.4, 0.5) is 8.78 Å². The van der Waals surface area contributed by atoms with Gasteiger partial charge in [0.15, 0.2) is 17.4 Å². The normalized spacial score (nSPS) is 10.9. The van der Waals surface area contributed by atoms with Crippen molar-refractivity contribution >= 4 is 16.7 Å². The summed E-state index contributed by atoms with van der Waals surface area (Å²) >= 11 is 0. The molecule has 0 saturated carbocycles. The number of benzene rings is 3. The molecule has 7 nitrogen and oxygen atoms in total. The van der Waals surface area contributed by atoms with E-state index in [-0.39, 0.29) is 30.7 Å². The summed E-state index contributed by atoms with van der Waals surface area (Å²) in [6.45, 7) is 1.69. The molecular weight excluding hydrogens is 538 g/mol. The summed E-state index contributed by atoms with van der Waals surface area (Å²) in [4.78, 5) is 35.2. The van der Waals surface area contributed by atoms with E-state index in [1.165, 1.54) is 10.7 Å². The SMILES string of the molecule is COc1ccc(Cc2ncc3cc(C#CCCC(=O)c4c(C)n(C)n(Cc5ccc(F)c(F)c5)c4=O)ccc3n2)cc1. The molecule has 2 aromatic heterocycles. The number of ketones is 1. The van der Waals surface area contributed by atoms with Gasteiger partial charge >= 0.3 is 0 Å². The molecule has 0 bridgehead atoms. The summed E-state index contributed by atoms with van der Waals surface area (Å²) in [5.41, 5.74) is 3.19. The van der Waals surface area contributed by atoms with Crippen molar-refractivity contribution in [3.05, 3.63) is 123 Å². The molecule has 0 spiro atoms. The van der Waals surface area contributed by atoms with Crippen LogP contribution in [0.2, 0.25) is 0 Å². The summed E-state index contributed by atoms with van der Waals surface area (Å²) in [6, 6.07) is 16.9. The zero-order chi connectivity index (χ0) is 29.8. The predicted octanol–water partition coefficient (Wildman–Crippen LogP) is 5.38. The van der Waals surface area contributed by atoms with E-state index in [9.17, 15) is 18.4 Å². The number of Topliss-reactive ketones (excluding diaryl/α,β-unsaturated/α-hetero) is 1. The standard InChI is InChI=1S/C33H28F2N4O3/c1-21-32(33(41)39(38(21)2)20-24-10-14-27(34)28(35)17-24)30(40)7-5-4-6-22-11-15-29-25(16-22)19-36-31(37-29)18-23-8-12-26(42-3)13-9-23/h8-17,19H,5,7,18,20H2,1-3H3. The summed E-state index contributed by atoms with van der Waals surface area (Å²) in [5.74, 6) is 5.33. The first kappa shape index (κ1) is 28.4. The number of halogens is 2. The molecule has 0 atom stereocenters. The molecule has 0 aliphatic carbocycles. The maximum absolute atomic E-state index is 13.6. The second-order valence-corrected chi connectivity index (χ2v) is 9.90. The first-order chi connectivity index (χ1) is 20.2. The molecule has 0 saturated heterocycles. The quantitative estimate of drug-likeness (QED) is 0.186. The molecule has 0 amide bonds. The van der Waals surface area contributed by atoms with Crippen molar-refractivity contribution < 1.29 is 18.3 Å². The second kappa shape index (κ2) is 12.2. The van der Waals surface area contributed by atoms with Gasteiger partial charge in [0, 0.05) is 49.2 Å². The number of carbonyl (C=O) groups is 1. The molecule has 0 N–H and O–H groups in total. The van der Waals surface area contributed by atoms with Crippen molar-refractivity contribution in [3.63, 3.8) is 0 Å². The number of nitrogens with zero attached hydrogens (tertiary/aromatic N) is 4. The van der Waals surface area contributed by atoms with E-state index in [0.717, 1.165) is 39.9 Å². The molecule has 2 heterocycles. The van der Waals surface area contributed by atoms with E-state index in [2.05, 4.69) is 21.8 Å². The molecule has 0 radical (unpaired) electrons. The highest BCUT2D eigenvalue weighted by molar-refractivity contribution is 5.97. The van der Waals surface area contributed by atoms with Crippen molar-refractivity contribution in [1.82, 2.24) is 19.3 Å². The van der Waals surface area contributed by atoms with Crippen molar-refractivity contribution in [2.45, 2.75) is 32.7 Å². The van der Waals surface area contributed by atoms with E-state index in [0.29, 0.717) is 23.5 Å². The average Bonchev–Trinajstić information content (AvgIpc) is 3.20. The summed E-state index contributed by atoms with van der Waals surface area (Å²) in [7, 11) is 3.28. The second-order valence-electron chi connectivity index (χ2n) is 9.90. The van der Waals surface area contributed by atoms with Gasteiger partial charge in [0.2, 0.25) is 0 Å². The third kappa shape index (κ3) is 6.13. The topological polar surface area (TPSA) is 79.0 Å². The van der Waals surface area contributed by atoms with Crippen molar-refractivity contribution in [2.24, 2.45) is 7.05 Å². The van der Waals surface area contributed by atoms with Crippen LogP contribution in [0.5, 0.6) is 5.75 Å². The van der Waals surface area contributed by atoms with Crippen molar-refractivity contribution in [1.29, 1.82) is 0 Å². The number of hydrogen-bond donors (Lipinski definition) is 0. The Hall–Kier alpha value is -5.10. The lowest BCUT2D eigenvalue weighted by Gasteiger charge is -2.08. The molecule has 5 aromatic rings. The lowest BCUT2D eigenvalue weighted by molar-refractivity contribution is 0.0982. The van der Waals surface area contributed by atoms with Crippen LogP contribution in [0.25, 0.3) is 10.9 Å². The Balaban J connectivity index is 1.23. The number of ether oxygens (including phenoxy) is 1. The number of hydrogen-bond acceptors (Lipinski definition) is 5. The molecule has 0 aliphatic heterocycles. The zero-order valence-electron chi connectivity index (χ0n) is 23.4. The van der Waals surface area contributed by atoms with Crippen LogP contribution < -0.4 is 10.3 Å². The van der Waals surface area contributed by atoms with Gasteiger partial charge in [-0.15, -0.1) is 0 Å². The predicted molar refractivity (Wildman–Crippen MR) is 156 cm³/mol. The Morgan fingerprint density at radius 3 is 2.50 bits per heavy atom. The highest BCUT2D eigenvalue weighted by Gasteiger charge is 2.21. The van der Waals surface area contributed by atoms with Gasteiger partial charge < -0.3 is 4.74 Å². The molecule has 5 rings (SSSR count). The molecule has 0 aliphatic rings. The number of aromatic nitrogens is 4. The van der Waals surface area contributed by atoms with E-state index in [1.807, 2.05) is 42.5 Å². The molecule has 9 heteroatoms. The molecule has 42 heavy (non-hydrogen) atoms. The molecule has 0 unspecified atom stereocenters. The van der Waals surface area contributed by atoms with E-state index < -0.39 is 17.2 Å².